The number of carbonyl (C=O) groups is 2. The highest BCUT2D eigenvalue weighted by Crippen LogP contribution is 2.24. The van der Waals surface area contributed by atoms with Crippen LogP contribution in [-0.4, -0.2) is 31.1 Å². The number of amides is 1. The molecule has 5 heteroatoms. The van der Waals surface area contributed by atoms with E-state index >= 15 is 0 Å². The Hall–Kier alpha value is -2.04. The van der Waals surface area contributed by atoms with Gasteiger partial charge in [-0.15, -0.1) is 0 Å². The molecule has 1 aliphatic rings. The first-order chi connectivity index (χ1) is 10.2. The molecular weight excluding hydrogens is 270 g/mol. The van der Waals surface area contributed by atoms with Crippen LogP contribution in [0.3, 0.4) is 0 Å². The second-order valence-electron chi connectivity index (χ2n) is 4.91. The molecule has 1 aliphatic heterocycles. The molecule has 1 atom stereocenters. The number of benzene rings is 1. The first-order valence-electron chi connectivity index (χ1n) is 7.39. The van der Waals surface area contributed by atoms with Crippen LogP contribution in [0.2, 0.25) is 0 Å². The van der Waals surface area contributed by atoms with Crippen molar-refractivity contribution >= 4 is 17.6 Å². The predicted octanol–water partition coefficient (Wildman–Crippen LogP) is 2.53. The molecule has 1 saturated heterocycles. The molecule has 1 fully saturated rings. The summed E-state index contributed by atoms with van der Waals surface area (Å²) in [6.45, 7) is 4.75. The number of ether oxygens (including phenoxy) is 2. The van der Waals surface area contributed by atoms with Crippen molar-refractivity contribution in [3.05, 3.63) is 24.3 Å². The van der Waals surface area contributed by atoms with E-state index in [0.29, 0.717) is 25.2 Å². The Balaban J connectivity index is 2.01. The standard InChI is InChI=1S/C16H21NO4/c1-3-14(16(19)20-4-2)21-13-9-7-12(8-10-13)17-11-5-6-15(17)18/h7-10,14H,3-6,11H2,1-2H3. The molecule has 0 aliphatic carbocycles. The van der Waals surface area contributed by atoms with Gasteiger partial charge in [-0.05, 0) is 44.0 Å². The lowest BCUT2D eigenvalue weighted by molar-refractivity contribution is -0.151. The fraction of sp³-hybridized carbons (Fsp3) is 0.500. The van der Waals surface area contributed by atoms with Crippen LogP contribution in [0.25, 0.3) is 0 Å². The Kier molecular flexibility index (Phi) is 5.20. The van der Waals surface area contributed by atoms with Gasteiger partial charge < -0.3 is 14.4 Å². The molecule has 0 N–H and O–H groups in total. The maximum absolute atomic E-state index is 11.7. The zero-order valence-corrected chi connectivity index (χ0v) is 12.5. The summed E-state index contributed by atoms with van der Waals surface area (Å²) in [5.41, 5.74) is 0.869. The molecule has 0 aromatic heterocycles. The Bertz CT molecular complexity index is 498. The van der Waals surface area contributed by atoms with Gasteiger partial charge in [0.25, 0.3) is 0 Å². The molecule has 1 aromatic carbocycles. The van der Waals surface area contributed by atoms with Crippen LogP contribution in [0, 0.1) is 0 Å². The summed E-state index contributed by atoms with van der Waals surface area (Å²) in [5.74, 6) is 0.408. The molecule has 5 nitrogen and oxygen atoms in total. The van der Waals surface area contributed by atoms with Crippen LogP contribution in [0.1, 0.15) is 33.1 Å². The number of carbonyl (C=O) groups excluding carboxylic acids is 2. The minimum absolute atomic E-state index is 0.154. The van der Waals surface area contributed by atoms with Crippen molar-refractivity contribution in [3.8, 4) is 5.75 Å². The smallest absolute Gasteiger partial charge is 0.347 e. The second-order valence-corrected chi connectivity index (χ2v) is 4.91. The molecule has 1 unspecified atom stereocenters. The number of hydrogen-bond acceptors (Lipinski definition) is 4. The van der Waals surface area contributed by atoms with Gasteiger partial charge >= 0.3 is 5.97 Å². The lowest BCUT2D eigenvalue weighted by Crippen LogP contribution is -2.28. The summed E-state index contributed by atoms with van der Waals surface area (Å²) in [5, 5.41) is 0. The maximum Gasteiger partial charge on any atom is 0.347 e. The van der Waals surface area contributed by atoms with Gasteiger partial charge in [0, 0.05) is 18.7 Å². The fourth-order valence-corrected chi connectivity index (χ4v) is 2.32. The highest BCUT2D eigenvalue weighted by molar-refractivity contribution is 5.95. The lowest BCUT2D eigenvalue weighted by Gasteiger charge is -2.18. The van der Waals surface area contributed by atoms with Crippen LogP contribution < -0.4 is 9.64 Å². The minimum atomic E-state index is -0.593. The third kappa shape index (κ3) is 3.74. The topological polar surface area (TPSA) is 55.8 Å². The average molecular weight is 291 g/mol. The van der Waals surface area contributed by atoms with E-state index in [4.69, 9.17) is 9.47 Å². The Labute approximate surface area is 124 Å². The van der Waals surface area contributed by atoms with Crippen molar-refractivity contribution in [1.29, 1.82) is 0 Å². The maximum atomic E-state index is 11.7. The van der Waals surface area contributed by atoms with Gasteiger partial charge in [-0.3, -0.25) is 4.79 Å². The zero-order valence-electron chi connectivity index (χ0n) is 12.5. The zero-order chi connectivity index (χ0) is 15.2. The first kappa shape index (κ1) is 15.4. The van der Waals surface area contributed by atoms with Crippen LogP contribution in [-0.2, 0) is 14.3 Å². The molecular formula is C16H21NO4. The molecule has 0 bridgehead atoms. The van der Waals surface area contributed by atoms with E-state index in [2.05, 4.69) is 0 Å². The second kappa shape index (κ2) is 7.11. The van der Waals surface area contributed by atoms with E-state index < -0.39 is 6.10 Å². The summed E-state index contributed by atoms with van der Waals surface area (Å²) in [6.07, 6.45) is 1.46. The van der Waals surface area contributed by atoms with Crippen molar-refractivity contribution in [2.45, 2.75) is 39.2 Å². The van der Waals surface area contributed by atoms with Crippen LogP contribution >= 0.6 is 0 Å². The molecule has 21 heavy (non-hydrogen) atoms. The van der Waals surface area contributed by atoms with Gasteiger partial charge in [0.1, 0.15) is 5.75 Å². The van der Waals surface area contributed by atoms with Crippen LogP contribution in [0.5, 0.6) is 5.75 Å². The quantitative estimate of drug-likeness (QED) is 0.756. The third-order valence-electron chi connectivity index (χ3n) is 3.42. The molecule has 1 aromatic rings. The Morgan fingerprint density at radius 1 is 1.29 bits per heavy atom. The van der Waals surface area contributed by atoms with Gasteiger partial charge in [-0.2, -0.15) is 0 Å². The monoisotopic (exact) mass is 291 g/mol. The van der Waals surface area contributed by atoms with Gasteiger partial charge in [0.15, 0.2) is 6.10 Å². The first-order valence-corrected chi connectivity index (χ1v) is 7.39. The molecule has 114 valence electrons. The normalized spacial score (nSPS) is 15.9. The van der Waals surface area contributed by atoms with Crippen molar-refractivity contribution in [2.24, 2.45) is 0 Å². The van der Waals surface area contributed by atoms with E-state index in [9.17, 15) is 9.59 Å². The molecule has 1 amide bonds. The number of hydrogen-bond donors (Lipinski definition) is 0. The van der Waals surface area contributed by atoms with Crippen LogP contribution in [0.15, 0.2) is 24.3 Å². The predicted molar refractivity (Wildman–Crippen MR) is 79.4 cm³/mol. The fourth-order valence-electron chi connectivity index (χ4n) is 2.32. The van der Waals surface area contributed by atoms with Gasteiger partial charge in [-0.25, -0.2) is 4.79 Å². The van der Waals surface area contributed by atoms with Gasteiger partial charge in [0.05, 0.1) is 6.61 Å². The van der Waals surface area contributed by atoms with Gasteiger partial charge in [0.2, 0.25) is 5.91 Å². The highest BCUT2D eigenvalue weighted by Gasteiger charge is 2.22. The summed E-state index contributed by atoms with van der Waals surface area (Å²) in [7, 11) is 0. The molecule has 1 heterocycles. The lowest BCUT2D eigenvalue weighted by atomic mass is 10.2. The number of esters is 1. The Morgan fingerprint density at radius 2 is 2.00 bits per heavy atom. The van der Waals surface area contributed by atoms with E-state index in [1.807, 2.05) is 19.1 Å². The number of rotatable bonds is 6. The van der Waals surface area contributed by atoms with Crippen LogP contribution in [0.4, 0.5) is 5.69 Å². The van der Waals surface area contributed by atoms with Crippen molar-refractivity contribution < 1.29 is 19.1 Å². The van der Waals surface area contributed by atoms with E-state index in [0.717, 1.165) is 18.7 Å². The minimum Gasteiger partial charge on any atom is -0.479 e. The Morgan fingerprint density at radius 3 is 2.52 bits per heavy atom. The summed E-state index contributed by atoms with van der Waals surface area (Å²) in [6, 6.07) is 7.25. The van der Waals surface area contributed by atoms with E-state index in [1.165, 1.54) is 0 Å². The van der Waals surface area contributed by atoms with E-state index in [1.54, 1.807) is 24.0 Å². The van der Waals surface area contributed by atoms with Gasteiger partial charge in [-0.1, -0.05) is 6.92 Å². The third-order valence-corrected chi connectivity index (χ3v) is 3.42. The highest BCUT2D eigenvalue weighted by atomic mass is 16.6. The largest absolute Gasteiger partial charge is 0.479 e. The van der Waals surface area contributed by atoms with E-state index in [-0.39, 0.29) is 11.9 Å². The van der Waals surface area contributed by atoms with Crippen molar-refractivity contribution in [2.75, 3.05) is 18.1 Å². The molecule has 0 saturated carbocycles. The average Bonchev–Trinajstić information content (AvgIpc) is 2.92. The molecule has 0 radical (unpaired) electrons. The molecule has 2 rings (SSSR count). The summed E-state index contributed by atoms with van der Waals surface area (Å²) in [4.78, 5) is 25.1. The SMILES string of the molecule is CCOC(=O)C(CC)Oc1ccc(N2CCCC2=O)cc1. The number of nitrogens with zero attached hydrogens (tertiary/aromatic N) is 1. The summed E-state index contributed by atoms with van der Waals surface area (Å²) >= 11 is 0. The van der Waals surface area contributed by atoms with Crippen molar-refractivity contribution in [3.63, 3.8) is 0 Å². The summed E-state index contributed by atoms with van der Waals surface area (Å²) < 4.78 is 10.6. The number of anilines is 1. The molecule has 0 spiro atoms. The van der Waals surface area contributed by atoms with Crippen molar-refractivity contribution in [1.82, 2.24) is 0 Å².